The Morgan fingerprint density at radius 1 is 1.65 bits per heavy atom. The maximum Gasteiger partial charge on any atom is 0.171 e. The zero-order valence-corrected chi connectivity index (χ0v) is 10.0. The second kappa shape index (κ2) is 5.14. The third-order valence-electron chi connectivity index (χ3n) is 2.85. The van der Waals surface area contributed by atoms with Crippen LogP contribution >= 0.6 is 0 Å². The van der Waals surface area contributed by atoms with E-state index in [1.54, 1.807) is 19.4 Å². The van der Waals surface area contributed by atoms with Gasteiger partial charge in [-0.15, -0.1) is 0 Å². The van der Waals surface area contributed by atoms with Crippen molar-refractivity contribution in [3.05, 3.63) is 17.8 Å². The first-order chi connectivity index (χ1) is 8.26. The molecule has 1 aromatic rings. The number of nitrogens with zero attached hydrogens (tertiary/aromatic N) is 2. The Morgan fingerprint density at radius 2 is 2.47 bits per heavy atom. The second-order valence-electron chi connectivity index (χ2n) is 4.03. The van der Waals surface area contributed by atoms with Crippen molar-refractivity contribution in [3.63, 3.8) is 0 Å². The van der Waals surface area contributed by atoms with Gasteiger partial charge in [0.05, 0.1) is 26.4 Å². The lowest BCUT2D eigenvalue weighted by Crippen LogP contribution is -2.44. The number of hydrogen-bond donors (Lipinski definition) is 0. The molecule has 1 aliphatic heterocycles. The van der Waals surface area contributed by atoms with Gasteiger partial charge in [0.25, 0.3) is 0 Å². The van der Waals surface area contributed by atoms with Crippen LogP contribution < -0.4 is 9.64 Å². The normalized spacial score (nSPS) is 20.1. The third kappa shape index (κ3) is 2.39. The van der Waals surface area contributed by atoms with Crippen LogP contribution in [0, 0.1) is 0 Å². The van der Waals surface area contributed by atoms with Crippen LogP contribution in [0.25, 0.3) is 0 Å². The maximum absolute atomic E-state index is 10.7. The van der Waals surface area contributed by atoms with E-state index in [9.17, 15) is 4.79 Å². The highest BCUT2D eigenvalue weighted by Gasteiger charge is 2.23. The van der Waals surface area contributed by atoms with Gasteiger partial charge >= 0.3 is 0 Å². The van der Waals surface area contributed by atoms with Crippen molar-refractivity contribution < 1.29 is 14.3 Å². The molecule has 0 bridgehead atoms. The Hall–Kier alpha value is -1.62. The van der Waals surface area contributed by atoms with E-state index in [2.05, 4.69) is 16.8 Å². The molecular formula is C12H16N2O3. The van der Waals surface area contributed by atoms with Gasteiger partial charge in [-0.1, -0.05) is 0 Å². The molecule has 5 heteroatoms. The van der Waals surface area contributed by atoms with E-state index in [0.717, 1.165) is 18.6 Å². The van der Waals surface area contributed by atoms with Crippen molar-refractivity contribution in [3.8, 4) is 5.75 Å². The molecule has 1 atom stereocenters. The summed E-state index contributed by atoms with van der Waals surface area (Å²) >= 11 is 0. The number of methoxy groups -OCH3 is 1. The SMILES string of the molecule is COc1cc(C=O)cnc1N1CCOC[C@H]1C. The van der Waals surface area contributed by atoms with Crippen LogP contribution in [-0.4, -0.2) is 44.2 Å². The number of morpholine rings is 1. The first kappa shape index (κ1) is 11.9. The Morgan fingerprint density at radius 3 is 3.12 bits per heavy atom. The Labute approximate surface area is 100 Å². The van der Waals surface area contributed by atoms with E-state index in [1.165, 1.54) is 0 Å². The molecule has 0 radical (unpaired) electrons. The fourth-order valence-corrected chi connectivity index (χ4v) is 1.92. The standard InChI is InChI=1S/C12H16N2O3/c1-9-8-17-4-3-14(9)12-11(16-2)5-10(7-15)6-13-12/h5-7,9H,3-4,8H2,1-2H3/t9-/m1/s1. The summed E-state index contributed by atoms with van der Waals surface area (Å²) in [5.41, 5.74) is 0.520. The van der Waals surface area contributed by atoms with Crippen molar-refractivity contribution in [2.75, 3.05) is 31.8 Å². The minimum absolute atomic E-state index is 0.257. The molecule has 0 spiro atoms. The molecule has 1 fully saturated rings. The Balaban J connectivity index is 2.33. The summed E-state index contributed by atoms with van der Waals surface area (Å²) < 4.78 is 10.7. The third-order valence-corrected chi connectivity index (χ3v) is 2.85. The lowest BCUT2D eigenvalue weighted by molar-refractivity contribution is 0.0982. The van der Waals surface area contributed by atoms with Crippen LogP contribution in [0.5, 0.6) is 5.75 Å². The number of anilines is 1. The molecule has 0 aromatic carbocycles. The van der Waals surface area contributed by atoms with Gasteiger partial charge in [0, 0.05) is 18.3 Å². The molecule has 0 aliphatic carbocycles. The van der Waals surface area contributed by atoms with Crippen LogP contribution in [0.3, 0.4) is 0 Å². The van der Waals surface area contributed by atoms with Gasteiger partial charge in [-0.25, -0.2) is 4.98 Å². The first-order valence-electron chi connectivity index (χ1n) is 5.60. The van der Waals surface area contributed by atoms with Gasteiger partial charge in [-0.05, 0) is 13.0 Å². The van der Waals surface area contributed by atoms with Crippen LogP contribution in [0.4, 0.5) is 5.82 Å². The predicted octanol–water partition coefficient (Wildman–Crippen LogP) is 1.13. The number of pyridine rings is 1. The van der Waals surface area contributed by atoms with Gasteiger partial charge in [-0.2, -0.15) is 0 Å². The largest absolute Gasteiger partial charge is 0.493 e. The van der Waals surface area contributed by atoms with Gasteiger partial charge in [0.1, 0.15) is 0 Å². The van der Waals surface area contributed by atoms with E-state index in [4.69, 9.17) is 9.47 Å². The number of carbonyl (C=O) groups excluding carboxylic acids is 1. The molecular weight excluding hydrogens is 220 g/mol. The van der Waals surface area contributed by atoms with Crippen molar-refractivity contribution >= 4 is 12.1 Å². The highest BCUT2D eigenvalue weighted by molar-refractivity contribution is 5.76. The number of carbonyl (C=O) groups is 1. The van der Waals surface area contributed by atoms with E-state index in [0.29, 0.717) is 24.5 Å². The highest BCUT2D eigenvalue weighted by Crippen LogP contribution is 2.28. The summed E-state index contributed by atoms with van der Waals surface area (Å²) in [5, 5.41) is 0. The van der Waals surface area contributed by atoms with E-state index in [1.807, 2.05) is 0 Å². The van der Waals surface area contributed by atoms with Crippen molar-refractivity contribution in [1.29, 1.82) is 0 Å². The summed E-state index contributed by atoms with van der Waals surface area (Å²) in [4.78, 5) is 17.1. The predicted molar refractivity (Wildman–Crippen MR) is 63.8 cm³/mol. The van der Waals surface area contributed by atoms with E-state index in [-0.39, 0.29) is 6.04 Å². The zero-order chi connectivity index (χ0) is 12.3. The van der Waals surface area contributed by atoms with Gasteiger partial charge in [0.15, 0.2) is 17.9 Å². The molecule has 2 heterocycles. The van der Waals surface area contributed by atoms with Crippen LogP contribution in [0.1, 0.15) is 17.3 Å². The van der Waals surface area contributed by atoms with Crippen LogP contribution in [0.15, 0.2) is 12.3 Å². The zero-order valence-electron chi connectivity index (χ0n) is 10.0. The molecule has 2 rings (SSSR count). The van der Waals surface area contributed by atoms with Gasteiger partial charge in [-0.3, -0.25) is 4.79 Å². The summed E-state index contributed by atoms with van der Waals surface area (Å²) in [6.45, 7) is 4.23. The quantitative estimate of drug-likeness (QED) is 0.736. The molecule has 17 heavy (non-hydrogen) atoms. The van der Waals surface area contributed by atoms with E-state index < -0.39 is 0 Å². The fourth-order valence-electron chi connectivity index (χ4n) is 1.92. The molecule has 0 unspecified atom stereocenters. The number of ether oxygens (including phenoxy) is 2. The molecule has 0 amide bonds. The summed E-state index contributed by atoms with van der Waals surface area (Å²) in [6, 6.07) is 1.96. The molecule has 0 saturated carbocycles. The number of aromatic nitrogens is 1. The second-order valence-corrected chi connectivity index (χ2v) is 4.03. The van der Waals surface area contributed by atoms with Crippen LogP contribution in [-0.2, 0) is 4.74 Å². The molecule has 0 N–H and O–H groups in total. The Kier molecular flexibility index (Phi) is 3.58. The van der Waals surface area contributed by atoms with Crippen molar-refractivity contribution in [1.82, 2.24) is 4.98 Å². The molecule has 5 nitrogen and oxygen atoms in total. The highest BCUT2D eigenvalue weighted by atomic mass is 16.5. The van der Waals surface area contributed by atoms with Crippen molar-refractivity contribution in [2.45, 2.75) is 13.0 Å². The lowest BCUT2D eigenvalue weighted by Gasteiger charge is -2.34. The van der Waals surface area contributed by atoms with Gasteiger partial charge in [0.2, 0.25) is 0 Å². The van der Waals surface area contributed by atoms with E-state index >= 15 is 0 Å². The summed E-state index contributed by atoms with van der Waals surface area (Å²) in [6.07, 6.45) is 2.33. The smallest absolute Gasteiger partial charge is 0.171 e. The molecule has 1 aromatic heterocycles. The summed E-state index contributed by atoms with van der Waals surface area (Å²) in [7, 11) is 1.58. The van der Waals surface area contributed by atoms with Crippen LogP contribution in [0.2, 0.25) is 0 Å². The fraction of sp³-hybridized carbons (Fsp3) is 0.500. The minimum atomic E-state index is 0.257. The first-order valence-corrected chi connectivity index (χ1v) is 5.60. The average molecular weight is 236 g/mol. The average Bonchev–Trinajstić information content (AvgIpc) is 2.38. The molecule has 92 valence electrons. The molecule has 1 saturated heterocycles. The summed E-state index contributed by atoms with van der Waals surface area (Å²) in [5.74, 6) is 1.40. The minimum Gasteiger partial charge on any atom is -0.493 e. The number of aldehydes is 1. The lowest BCUT2D eigenvalue weighted by atomic mass is 10.2. The van der Waals surface area contributed by atoms with Gasteiger partial charge < -0.3 is 14.4 Å². The Bertz CT molecular complexity index is 409. The number of hydrogen-bond acceptors (Lipinski definition) is 5. The number of rotatable bonds is 3. The van der Waals surface area contributed by atoms with Crippen molar-refractivity contribution in [2.24, 2.45) is 0 Å². The maximum atomic E-state index is 10.7. The topological polar surface area (TPSA) is 51.7 Å². The molecule has 1 aliphatic rings. The monoisotopic (exact) mass is 236 g/mol.